The van der Waals surface area contributed by atoms with Crippen LogP contribution in [0.25, 0.3) is 0 Å². The Kier molecular flexibility index (Phi) is 6.21. The molecule has 3 aromatic rings. The van der Waals surface area contributed by atoms with Crippen LogP contribution in [0.3, 0.4) is 0 Å². The lowest BCUT2D eigenvalue weighted by atomic mass is 9.59. The highest BCUT2D eigenvalue weighted by atomic mass is 32.2. The Bertz CT molecular complexity index is 1420. The van der Waals surface area contributed by atoms with Crippen molar-refractivity contribution < 1.29 is 13.2 Å². The molecular formula is C31H35N3O3S. The van der Waals surface area contributed by atoms with Crippen LogP contribution in [0, 0.1) is 0 Å². The van der Waals surface area contributed by atoms with Crippen molar-refractivity contribution in [2.24, 2.45) is 0 Å². The zero-order chi connectivity index (χ0) is 26.7. The molecule has 1 aliphatic heterocycles. The van der Waals surface area contributed by atoms with Gasteiger partial charge in [0.15, 0.2) is 0 Å². The summed E-state index contributed by atoms with van der Waals surface area (Å²) in [5, 5.41) is 6.58. The molecule has 7 rings (SSSR count). The maximum Gasteiger partial charge on any atom is 0.240 e. The minimum absolute atomic E-state index is 0.0614. The summed E-state index contributed by atoms with van der Waals surface area (Å²) < 4.78 is 30.7. The molecule has 7 heteroatoms. The van der Waals surface area contributed by atoms with Crippen LogP contribution < -0.4 is 15.4 Å². The first kappa shape index (κ1) is 25.3. The van der Waals surface area contributed by atoms with Crippen molar-refractivity contribution in [2.75, 3.05) is 6.54 Å². The van der Waals surface area contributed by atoms with Crippen molar-refractivity contribution in [1.82, 2.24) is 15.4 Å². The zero-order valence-electron chi connectivity index (χ0n) is 22.1. The van der Waals surface area contributed by atoms with Gasteiger partial charge in [-0.1, -0.05) is 81.4 Å². The highest BCUT2D eigenvalue weighted by Crippen LogP contribution is 2.53. The third-order valence-electron chi connectivity index (χ3n) is 8.44. The molecule has 0 unspecified atom stereocenters. The van der Waals surface area contributed by atoms with Gasteiger partial charge in [0.1, 0.15) is 0 Å². The van der Waals surface area contributed by atoms with Crippen LogP contribution in [0.4, 0.5) is 0 Å². The Hall–Kier alpha value is -3.00. The molecule has 0 radical (unpaired) electrons. The molecule has 0 saturated carbocycles. The largest absolute Gasteiger partial charge is 0.349 e. The van der Waals surface area contributed by atoms with E-state index in [-0.39, 0.29) is 34.1 Å². The van der Waals surface area contributed by atoms with Gasteiger partial charge in [0.2, 0.25) is 15.9 Å². The first-order valence-corrected chi connectivity index (χ1v) is 15.0. The number of hydrogen-bond acceptors (Lipinski definition) is 4. The van der Waals surface area contributed by atoms with E-state index < -0.39 is 22.1 Å². The van der Waals surface area contributed by atoms with E-state index >= 15 is 0 Å². The molecule has 38 heavy (non-hydrogen) atoms. The summed E-state index contributed by atoms with van der Waals surface area (Å²) in [6, 6.07) is 22.4. The molecule has 1 fully saturated rings. The van der Waals surface area contributed by atoms with E-state index in [1.165, 1.54) is 0 Å². The average Bonchev–Trinajstić information content (AvgIpc) is 3.44. The van der Waals surface area contributed by atoms with Crippen molar-refractivity contribution >= 4 is 15.9 Å². The molecule has 1 saturated heterocycles. The van der Waals surface area contributed by atoms with Crippen LogP contribution >= 0.6 is 0 Å². The van der Waals surface area contributed by atoms with Crippen LogP contribution in [0.1, 0.15) is 73.3 Å². The van der Waals surface area contributed by atoms with Gasteiger partial charge < -0.3 is 10.6 Å². The first-order chi connectivity index (χ1) is 18.1. The monoisotopic (exact) mass is 529 g/mol. The maximum atomic E-state index is 13.8. The molecular weight excluding hydrogens is 494 g/mol. The lowest BCUT2D eigenvalue weighted by Crippen LogP contribution is -2.63. The summed E-state index contributed by atoms with van der Waals surface area (Å²) in [6.45, 7) is 7.14. The first-order valence-electron chi connectivity index (χ1n) is 13.5. The molecule has 2 bridgehead atoms. The molecule has 0 aromatic heterocycles. The predicted molar refractivity (Wildman–Crippen MR) is 149 cm³/mol. The van der Waals surface area contributed by atoms with E-state index in [4.69, 9.17) is 0 Å². The van der Waals surface area contributed by atoms with Crippen molar-refractivity contribution in [3.63, 3.8) is 0 Å². The smallest absolute Gasteiger partial charge is 0.240 e. The van der Waals surface area contributed by atoms with Gasteiger partial charge in [-0.25, -0.2) is 13.1 Å². The maximum absolute atomic E-state index is 13.8. The standard InChI is InChI=1S/C31H35N3O3S/c1-31(2,3)19-14-16-20(17-15-19)38(36,37)34-29-27-23-11-6-4-9-21(23)26(22-10-5-7-12-24(22)27)28(29)33-30(35)25-13-8-18-32-25/h4-7,9-12,14-17,25-29,32,34H,8,13,18H2,1-3H3,(H,33,35)/t25-,26?,27?,28+,29+/m0/s1. The minimum atomic E-state index is -3.85. The van der Waals surface area contributed by atoms with Crippen LogP contribution in [-0.4, -0.2) is 39.0 Å². The van der Waals surface area contributed by atoms with Gasteiger partial charge in [-0.3, -0.25) is 4.79 Å². The van der Waals surface area contributed by atoms with Gasteiger partial charge in [0.25, 0.3) is 0 Å². The lowest BCUT2D eigenvalue weighted by Gasteiger charge is -2.51. The second-order valence-corrected chi connectivity index (χ2v) is 13.5. The summed E-state index contributed by atoms with van der Waals surface area (Å²) in [5.74, 6) is -0.416. The van der Waals surface area contributed by atoms with Crippen molar-refractivity contribution in [2.45, 2.75) is 73.9 Å². The van der Waals surface area contributed by atoms with E-state index in [2.05, 4.69) is 60.4 Å². The van der Waals surface area contributed by atoms with Gasteiger partial charge in [-0.2, -0.15) is 0 Å². The molecule has 1 heterocycles. The fraction of sp³-hybridized carbons (Fsp3) is 0.387. The van der Waals surface area contributed by atoms with E-state index in [0.717, 1.165) is 47.2 Å². The summed E-state index contributed by atoms with van der Waals surface area (Å²) in [5.41, 5.74) is 5.56. The summed E-state index contributed by atoms with van der Waals surface area (Å²) in [6.07, 6.45) is 1.75. The Balaban J connectivity index is 1.42. The van der Waals surface area contributed by atoms with Crippen molar-refractivity contribution in [1.29, 1.82) is 0 Å². The molecule has 3 N–H and O–H groups in total. The third kappa shape index (κ3) is 4.27. The SMILES string of the molecule is CC(C)(C)c1ccc(S(=O)(=O)N[C@@H]2C3c4ccccc4C(c4ccccc43)[C@H]2NC(=O)[C@@H]2CCCN2)cc1. The number of fused-ring (bicyclic) bond motifs is 1. The van der Waals surface area contributed by atoms with Crippen molar-refractivity contribution in [3.8, 4) is 0 Å². The number of hydrogen-bond donors (Lipinski definition) is 3. The van der Waals surface area contributed by atoms with E-state index in [9.17, 15) is 13.2 Å². The van der Waals surface area contributed by atoms with Crippen LogP contribution in [0.2, 0.25) is 0 Å². The number of amides is 1. The fourth-order valence-corrected chi connectivity index (χ4v) is 7.82. The molecule has 4 aliphatic rings. The molecule has 3 atom stereocenters. The minimum Gasteiger partial charge on any atom is -0.349 e. The van der Waals surface area contributed by atoms with Gasteiger partial charge in [-0.15, -0.1) is 0 Å². The van der Waals surface area contributed by atoms with Crippen LogP contribution in [0.5, 0.6) is 0 Å². The highest BCUT2D eigenvalue weighted by Gasteiger charge is 2.51. The molecule has 1 amide bonds. The molecule has 198 valence electrons. The molecule has 3 aliphatic carbocycles. The Morgan fingerprint density at radius 3 is 1.82 bits per heavy atom. The average molecular weight is 530 g/mol. The summed E-state index contributed by atoms with van der Waals surface area (Å²) >= 11 is 0. The highest BCUT2D eigenvalue weighted by molar-refractivity contribution is 7.89. The fourth-order valence-electron chi connectivity index (χ4n) is 6.55. The number of carbonyl (C=O) groups is 1. The summed E-state index contributed by atoms with van der Waals surface area (Å²) in [4.78, 5) is 13.6. The van der Waals surface area contributed by atoms with Crippen molar-refractivity contribution in [3.05, 3.63) is 101 Å². The summed E-state index contributed by atoms with van der Waals surface area (Å²) in [7, 11) is -3.85. The molecule has 0 spiro atoms. The molecule has 3 aromatic carbocycles. The zero-order valence-corrected chi connectivity index (χ0v) is 22.9. The topological polar surface area (TPSA) is 87.3 Å². The number of rotatable bonds is 5. The predicted octanol–water partition coefficient (Wildman–Crippen LogP) is 4.16. The number of sulfonamides is 1. The van der Waals surface area contributed by atoms with E-state index in [1.807, 2.05) is 36.4 Å². The van der Waals surface area contributed by atoms with E-state index in [0.29, 0.717) is 0 Å². The van der Waals surface area contributed by atoms with Gasteiger partial charge in [0.05, 0.1) is 23.0 Å². The van der Waals surface area contributed by atoms with Gasteiger partial charge in [0, 0.05) is 11.8 Å². The quantitative estimate of drug-likeness (QED) is 0.463. The van der Waals surface area contributed by atoms with Crippen LogP contribution in [-0.2, 0) is 20.2 Å². The van der Waals surface area contributed by atoms with E-state index in [1.54, 1.807) is 12.1 Å². The number of nitrogens with one attached hydrogen (secondary N) is 3. The second-order valence-electron chi connectivity index (χ2n) is 11.8. The molecule has 6 nitrogen and oxygen atoms in total. The van der Waals surface area contributed by atoms with Crippen LogP contribution in [0.15, 0.2) is 77.7 Å². The Morgan fingerprint density at radius 1 is 0.816 bits per heavy atom. The second kappa shape index (κ2) is 9.33. The Labute approximate surface area is 225 Å². The lowest BCUT2D eigenvalue weighted by molar-refractivity contribution is -0.123. The number of carbonyl (C=O) groups excluding carboxylic acids is 1. The normalized spacial score (nSPS) is 26.0. The van der Waals surface area contributed by atoms with Gasteiger partial charge >= 0.3 is 0 Å². The van der Waals surface area contributed by atoms with Gasteiger partial charge in [-0.05, 0) is 64.8 Å². The number of benzene rings is 3. The Morgan fingerprint density at radius 2 is 1.34 bits per heavy atom. The third-order valence-corrected chi connectivity index (χ3v) is 9.92.